The molecule has 2 fully saturated rings. The highest BCUT2D eigenvalue weighted by molar-refractivity contribution is 5.89. The third kappa shape index (κ3) is 7.13. The molecular weight excluding hydrogens is 495 g/mol. The Balaban J connectivity index is 0.00000216. The number of aliphatic hydroxyl groups excluding tert-OH is 2. The average molecular weight is 529 g/mol. The maximum Gasteiger partial charge on any atom is 0.319 e. The number of aliphatic hydroxyl groups is 2. The number of piperazine rings is 1. The summed E-state index contributed by atoms with van der Waals surface area (Å²) >= 11 is 0. The molecule has 0 aliphatic carbocycles. The second-order valence-electron chi connectivity index (χ2n) is 8.30. The van der Waals surface area contributed by atoms with E-state index in [1.807, 2.05) is 18.2 Å². The van der Waals surface area contributed by atoms with Gasteiger partial charge < -0.3 is 35.2 Å². The van der Waals surface area contributed by atoms with Crippen molar-refractivity contribution in [2.45, 2.75) is 24.4 Å². The van der Waals surface area contributed by atoms with Gasteiger partial charge in [-0.3, -0.25) is 4.90 Å². The second kappa shape index (κ2) is 13.7. The second-order valence-corrected chi connectivity index (χ2v) is 8.30. The van der Waals surface area contributed by atoms with Crippen LogP contribution in [0.25, 0.3) is 0 Å². The molecule has 11 heteroatoms. The van der Waals surface area contributed by atoms with Crippen LogP contribution in [0.3, 0.4) is 0 Å². The summed E-state index contributed by atoms with van der Waals surface area (Å²) in [6.45, 7) is 3.12. The third-order valence-electron chi connectivity index (χ3n) is 6.31. The highest BCUT2D eigenvalue weighted by Gasteiger charge is 2.46. The molecule has 2 saturated heterocycles. The molecule has 2 aliphatic heterocycles. The summed E-state index contributed by atoms with van der Waals surface area (Å²) in [6, 6.07) is 16.6. The first-order chi connectivity index (χ1) is 16.1. The predicted molar refractivity (Wildman–Crippen MR) is 140 cm³/mol. The number of nitrogens with zero attached hydrogens (tertiary/aromatic N) is 2. The van der Waals surface area contributed by atoms with E-state index in [1.165, 1.54) is 5.69 Å². The van der Waals surface area contributed by atoms with Crippen molar-refractivity contribution in [3.63, 3.8) is 0 Å². The number of halogens is 2. The lowest BCUT2D eigenvalue weighted by Gasteiger charge is -2.41. The van der Waals surface area contributed by atoms with Crippen LogP contribution in [-0.2, 0) is 4.74 Å². The topological polar surface area (TPSA) is 107 Å². The fourth-order valence-electron chi connectivity index (χ4n) is 4.56. The molecule has 2 heterocycles. The van der Waals surface area contributed by atoms with Gasteiger partial charge in [0.25, 0.3) is 0 Å². The normalized spacial score (nSPS) is 24.1. The first-order valence-electron chi connectivity index (χ1n) is 11.3. The Kier molecular flexibility index (Phi) is 11.4. The van der Waals surface area contributed by atoms with Crippen molar-refractivity contribution in [3.8, 4) is 5.75 Å². The van der Waals surface area contributed by atoms with Gasteiger partial charge in [0.05, 0.1) is 25.9 Å². The Hall–Kier alpha value is -2.27. The first-order valence-corrected chi connectivity index (χ1v) is 11.3. The fraction of sp³-hybridized carbons (Fsp3) is 0.458. The van der Waals surface area contributed by atoms with Gasteiger partial charge >= 0.3 is 6.03 Å². The van der Waals surface area contributed by atoms with Gasteiger partial charge in [0.2, 0.25) is 0 Å². The van der Waals surface area contributed by atoms with Crippen molar-refractivity contribution >= 4 is 42.2 Å². The summed E-state index contributed by atoms with van der Waals surface area (Å²) < 4.78 is 11.0. The van der Waals surface area contributed by atoms with Crippen molar-refractivity contribution in [2.24, 2.45) is 0 Å². The van der Waals surface area contributed by atoms with Crippen LogP contribution in [0.15, 0.2) is 54.6 Å². The molecule has 1 unspecified atom stereocenters. The molecule has 2 aromatic carbocycles. The van der Waals surface area contributed by atoms with Gasteiger partial charge in [0.15, 0.2) is 0 Å². The highest BCUT2D eigenvalue weighted by atomic mass is 35.5. The lowest BCUT2D eigenvalue weighted by Crippen LogP contribution is -2.57. The molecule has 9 nitrogen and oxygen atoms in total. The lowest BCUT2D eigenvalue weighted by molar-refractivity contribution is -0.0205. The number of rotatable bonds is 7. The van der Waals surface area contributed by atoms with Crippen molar-refractivity contribution in [1.82, 2.24) is 10.2 Å². The van der Waals surface area contributed by atoms with Gasteiger partial charge in [-0.15, -0.1) is 24.8 Å². The number of hydrogen-bond acceptors (Lipinski definition) is 7. The summed E-state index contributed by atoms with van der Waals surface area (Å²) in [5.74, 6) is 0.708. The van der Waals surface area contributed by atoms with Crippen LogP contribution in [-0.4, -0.2) is 91.9 Å². The number of carbonyl (C=O) groups is 1. The summed E-state index contributed by atoms with van der Waals surface area (Å²) in [5.41, 5.74) is 1.82. The van der Waals surface area contributed by atoms with E-state index in [0.717, 1.165) is 26.2 Å². The zero-order valence-electron chi connectivity index (χ0n) is 19.6. The Morgan fingerprint density at radius 1 is 1.03 bits per heavy atom. The van der Waals surface area contributed by atoms with Crippen LogP contribution >= 0.6 is 24.8 Å². The molecule has 2 amide bonds. The number of anilines is 2. The van der Waals surface area contributed by atoms with Crippen LogP contribution in [0.4, 0.5) is 16.2 Å². The number of ether oxygens (including phenoxy) is 2. The van der Waals surface area contributed by atoms with Gasteiger partial charge in [-0.05, 0) is 36.4 Å². The van der Waals surface area contributed by atoms with Gasteiger partial charge in [0.1, 0.15) is 18.0 Å². The molecule has 4 rings (SSSR count). The van der Waals surface area contributed by atoms with Gasteiger partial charge in [0, 0.05) is 44.1 Å². The molecule has 2 aromatic rings. The number of amides is 2. The van der Waals surface area contributed by atoms with Crippen molar-refractivity contribution < 1.29 is 24.5 Å². The van der Waals surface area contributed by atoms with Crippen LogP contribution < -0.4 is 20.3 Å². The number of carbonyl (C=O) groups excluding carboxylic acids is 1. The van der Waals surface area contributed by atoms with Crippen LogP contribution in [0, 0.1) is 0 Å². The van der Waals surface area contributed by atoms with E-state index in [2.05, 4.69) is 32.6 Å². The molecule has 0 spiro atoms. The molecule has 0 aromatic heterocycles. The molecule has 35 heavy (non-hydrogen) atoms. The summed E-state index contributed by atoms with van der Waals surface area (Å²) in [4.78, 5) is 16.9. The lowest BCUT2D eigenvalue weighted by atomic mass is 10.0. The standard InChI is InChI=1S/C24H32N4O5.2ClH/c1-32-19-9-7-17(8-10-19)26-24(31)25-15-20-22(23(30)21(16-29)33-20)28-13-11-27(12-14-28)18-5-3-2-4-6-18;;/h2-10,20-23,29-30H,11-16H2,1H3,(H2,25,26,31);2*1H/t20-,21+,22?,23-;;/m1../s1. The fourth-order valence-corrected chi connectivity index (χ4v) is 4.56. The Morgan fingerprint density at radius 3 is 2.29 bits per heavy atom. The number of urea groups is 1. The molecule has 0 radical (unpaired) electrons. The Labute approximate surface area is 218 Å². The van der Waals surface area contributed by atoms with Crippen LogP contribution in [0.2, 0.25) is 0 Å². The van der Waals surface area contributed by atoms with Crippen LogP contribution in [0.1, 0.15) is 0 Å². The molecular formula is C24H34Cl2N4O5. The smallest absolute Gasteiger partial charge is 0.319 e. The maximum absolute atomic E-state index is 12.4. The van der Waals surface area contributed by atoms with Crippen molar-refractivity contribution in [1.29, 1.82) is 0 Å². The zero-order valence-corrected chi connectivity index (χ0v) is 21.2. The van der Waals surface area contributed by atoms with Crippen molar-refractivity contribution in [2.75, 3.05) is 56.7 Å². The minimum absolute atomic E-state index is 0. The molecule has 194 valence electrons. The third-order valence-corrected chi connectivity index (χ3v) is 6.31. The minimum atomic E-state index is -0.824. The van der Waals surface area contributed by atoms with E-state index in [-0.39, 0.29) is 50.0 Å². The number of methoxy groups -OCH3 is 1. The minimum Gasteiger partial charge on any atom is -0.497 e. The van der Waals surface area contributed by atoms with Gasteiger partial charge in [-0.1, -0.05) is 18.2 Å². The van der Waals surface area contributed by atoms with E-state index in [1.54, 1.807) is 31.4 Å². The molecule has 4 atom stereocenters. The van der Waals surface area contributed by atoms with Gasteiger partial charge in [-0.25, -0.2) is 4.79 Å². The number of hydrogen-bond donors (Lipinski definition) is 4. The SMILES string of the molecule is COc1ccc(NC(=O)NC[C@H]2O[C@@H](CO)[C@@H](O)C2N2CCN(c3ccccc3)CC2)cc1.Cl.Cl. The van der Waals surface area contributed by atoms with E-state index in [4.69, 9.17) is 9.47 Å². The molecule has 2 aliphatic rings. The Morgan fingerprint density at radius 2 is 1.69 bits per heavy atom. The van der Waals surface area contributed by atoms with Gasteiger partial charge in [-0.2, -0.15) is 0 Å². The van der Waals surface area contributed by atoms with Crippen LogP contribution in [0.5, 0.6) is 5.75 Å². The quantitative estimate of drug-likeness (QED) is 0.435. The highest BCUT2D eigenvalue weighted by Crippen LogP contribution is 2.27. The number of para-hydroxylation sites is 1. The van der Waals surface area contributed by atoms with Crippen molar-refractivity contribution in [3.05, 3.63) is 54.6 Å². The first kappa shape index (κ1) is 29.0. The number of benzene rings is 2. The number of nitrogens with one attached hydrogen (secondary N) is 2. The largest absolute Gasteiger partial charge is 0.497 e. The maximum atomic E-state index is 12.4. The van der Waals surface area contributed by atoms with E-state index in [0.29, 0.717) is 11.4 Å². The van der Waals surface area contributed by atoms with E-state index >= 15 is 0 Å². The zero-order chi connectivity index (χ0) is 23.2. The predicted octanol–water partition coefficient (Wildman–Crippen LogP) is 1.97. The monoisotopic (exact) mass is 528 g/mol. The summed E-state index contributed by atoms with van der Waals surface area (Å²) in [6.07, 6.45) is -1.92. The summed E-state index contributed by atoms with van der Waals surface area (Å²) in [7, 11) is 1.59. The van der Waals surface area contributed by atoms with E-state index < -0.39 is 18.3 Å². The molecule has 0 saturated carbocycles. The molecule has 4 N–H and O–H groups in total. The average Bonchev–Trinajstić information content (AvgIpc) is 3.19. The van der Waals surface area contributed by atoms with E-state index in [9.17, 15) is 15.0 Å². The Bertz CT molecular complexity index is 901. The molecule has 0 bridgehead atoms. The summed E-state index contributed by atoms with van der Waals surface area (Å²) in [5, 5.41) is 26.1.